The molecule has 3 rings (SSSR count). The second-order valence-corrected chi connectivity index (χ2v) is 6.97. The molecule has 152 valence electrons. The second kappa shape index (κ2) is 9.78. The van der Waals surface area contributed by atoms with Gasteiger partial charge in [-0.25, -0.2) is 4.79 Å². The lowest BCUT2D eigenvalue weighted by molar-refractivity contribution is -0.141. The normalized spacial score (nSPS) is 11.9. The van der Waals surface area contributed by atoms with E-state index in [1.54, 1.807) is 6.20 Å². The maximum absolute atomic E-state index is 12.2. The molecule has 29 heavy (non-hydrogen) atoms. The molecule has 3 aromatic rings. The molecule has 3 N–H and O–H groups in total. The Morgan fingerprint density at radius 2 is 1.90 bits per heavy atom. The van der Waals surface area contributed by atoms with Gasteiger partial charge >= 0.3 is 5.97 Å². The van der Waals surface area contributed by atoms with Gasteiger partial charge in [0.2, 0.25) is 5.91 Å². The number of hydrogen-bond donors (Lipinski definition) is 3. The number of carboxylic acids is 1. The van der Waals surface area contributed by atoms with Crippen molar-refractivity contribution < 1.29 is 19.4 Å². The maximum atomic E-state index is 12.2. The van der Waals surface area contributed by atoms with Crippen LogP contribution in [-0.4, -0.2) is 34.6 Å². The van der Waals surface area contributed by atoms with Gasteiger partial charge < -0.3 is 20.1 Å². The van der Waals surface area contributed by atoms with Gasteiger partial charge in [0.25, 0.3) is 0 Å². The zero-order chi connectivity index (χ0) is 20.6. The molecule has 0 aliphatic heterocycles. The van der Waals surface area contributed by atoms with Crippen LogP contribution in [0.5, 0.6) is 5.75 Å². The number of benzene rings is 2. The lowest BCUT2D eigenvalue weighted by atomic mass is 10.0. The summed E-state index contributed by atoms with van der Waals surface area (Å²) < 4.78 is 5.64. The third kappa shape index (κ3) is 5.60. The Morgan fingerprint density at radius 1 is 1.14 bits per heavy atom. The fraction of sp³-hybridized carbons (Fsp3) is 0.304. The number of ether oxygens (including phenoxy) is 1. The molecule has 0 saturated carbocycles. The lowest BCUT2D eigenvalue weighted by Gasteiger charge is -2.14. The van der Waals surface area contributed by atoms with Gasteiger partial charge in [0.05, 0.1) is 6.61 Å². The number of H-pyrrole nitrogens is 1. The largest absolute Gasteiger partial charge is 0.494 e. The molecule has 1 unspecified atom stereocenters. The smallest absolute Gasteiger partial charge is 0.326 e. The van der Waals surface area contributed by atoms with Crippen LogP contribution in [0.1, 0.15) is 30.9 Å². The quantitative estimate of drug-likeness (QED) is 0.457. The summed E-state index contributed by atoms with van der Waals surface area (Å²) in [4.78, 5) is 27.0. The van der Waals surface area contributed by atoms with Crippen molar-refractivity contribution in [1.29, 1.82) is 0 Å². The van der Waals surface area contributed by atoms with Gasteiger partial charge in [0.1, 0.15) is 11.8 Å². The summed E-state index contributed by atoms with van der Waals surface area (Å²) in [6.07, 6.45) is 3.73. The number of rotatable bonds is 10. The number of aromatic amines is 1. The first-order valence-electron chi connectivity index (χ1n) is 9.85. The Balaban J connectivity index is 1.47. The van der Waals surface area contributed by atoms with Crippen molar-refractivity contribution in [3.63, 3.8) is 0 Å². The van der Waals surface area contributed by atoms with Crippen molar-refractivity contribution in [3.05, 3.63) is 65.9 Å². The zero-order valence-corrected chi connectivity index (χ0v) is 16.5. The topological polar surface area (TPSA) is 91.4 Å². The van der Waals surface area contributed by atoms with Crippen LogP contribution in [-0.2, 0) is 22.4 Å². The fourth-order valence-electron chi connectivity index (χ4n) is 3.23. The standard InChI is InChI=1S/C23H26N2O4/c1-2-16-9-11-18(12-10-16)29-13-5-8-22(26)25-21(23(27)28)14-17-15-24-20-7-4-3-6-19(17)20/h3-4,6-7,9-12,15,21,24H,2,5,8,13-14H2,1H3,(H,25,26)(H,27,28). The predicted molar refractivity (Wildman–Crippen MR) is 112 cm³/mol. The molecule has 1 heterocycles. The number of amides is 1. The molecular weight excluding hydrogens is 368 g/mol. The van der Waals surface area contributed by atoms with E-state index in [0.29, 0.717) is 13.0 Å². The van der Waals surface area contributed by atoms with Crippen LogP contribution in [0.25, 0.3) is 10.9 Å². The Morgan fingerprint density at radius 3 is 2.62 bits per heavy atom. The average Bonchev–Trinajstić information content (AvgIpc) is 3.14. The van der Waals surface area contributed by atoms with E-state index in [1.165, 1.54) is 5.56 Å². The summed E-state index contributed by atoms with van der Waals surface area (Å²) >= 11 is 0. The number of para-hydroxylation sites is 1. The highest BCUT2D eigenvalue weighted by Gasteiger charge is 2.21. The van der Waals surface area contributed by atoms with Crippen LogP contribution < -0.4 is 10.1 Å². The van der Waals surface area contributed by atoms with Gasteiger partial charge in [-0.3, -0.25) is 4.79 Å². The van der Waals surface area contributed by atoms with Crippen LogP contribution in [0, 0.1) is 0 Å². The van der Waals surface area contributed by atoms with E-state index >= 15 is 0 Å². The number of carboxylic acid groups (broad SMARTS) is 1. The molecule has 0 aliphatic rings. The fourth-order valence-corrected chi connectivity index (χ4v) is 3.23. The van der Waals surface area contributed by atoms with E-state index in [9.17, 15) is 14.7 Å². The number of carbonyl (C=O) groups is 2. The molecule has 0 saturated heterocycles. The Kier molecular flexibility index (Phi) is 6.89. The number of aryl methyl sites for hydroxylation is 1. The summed E-state index contributed by atoms with van der Waals surface area (Å²) in [7, 11) is 0. The predicted octanol–water partition coefficient (Wildman–Crippen LogP) is 3.70. The van der Waals surface area contributed by atoms with Gasteiger partial charge in [-0.15, -0.1) is 0 Å². The number of fused-ring (bicyclic) bond motifs is 1. The minimum absolute atomic E-state index is 0.213. The summed E-state index contributed by atoms with van der Waals surface area (Å²) in [5.41, 5.74) is 3.06. The first kappa shape index (κ1) is 20.5. The minimum atomic E-state index is -1.05. The van der Waals surface area contributed by atoms with Gasteiger partial charge in [0, 0.05) is 29.9 Å². The second-order valence-electron chi connectivity index (χ2n) is 6.97. The molecule has 1 amide bonds. The van der Waals surface area contributed by atoms with Gasteiger partial charge in [-0.05, 0) is 42.2 Å². The highest BCUT2D eigenvalue weighted by atomic mass is 16.5. The van der Waals surface area contributed by atoms with Crippen molar-refractivity contribution in [2.75, 3.05) is 6.61 Å². The lowest BCUT2D eigenvalue weighted by Crippen LogP contribution is -2.42. The molecular formula is C23H26N2O4. The van der Waals surface area contributed by atoms with E-state index in [0.717, 1.165) is 28.6 Å². The van der Waals surface area contributed by atoms with Crippen molar-refractivity contribution in [2.24, 2.45) is 0 Å². The van der Waals surface area contributed by atoms with E-state index in [-0.39, 0.29) is 18.7 Å². The number of carbonyl (C=O) groups excluding carboxylic acids is 1. The number of hydrogen-bond acceptors (Lipinski definition) is 3. The Bertz CT molecular complexity index is 962. The molecule has 0 spiro atoms. The highest BCUT2D eigenvalue weighted by Crippen LogP contribution is 2.19. The van der Waals surface area contributed by atoms with Crippen molar-refractivity contribution in [3.8, 4) is 5.75 Å². The van der Waals surface area contributed by atoms with E-state index in [2.05, 4.69) is 17.2 Å². The van der Waals surface area contributed by atoms with E-state index in [4.69, 9.17) is 4.74 Å². The van der Waals surface area contributed by atoms with Crippen LogP contribution >= 0.6 is 0 Å². The summed E-state index contributed by atoms with van der Waals surface area (Å²) in [6.45, 7) is 2.50. The molecule has 0 radical (unpaired) electrons. The summed E-state index contributed by atoms with van der Waals surface area (Å²) in [6, 6.07) is 14.6. The third-order valence-corrected chi connectivity index (χ3v) is 4.88. The van der Waals surface area contributed by atoms with Crippen LogP contribution in [0.4, 0.5) is 0 Å². The number of aromatic nitrogens is 1. The molecule has 0 fully saturated rings. The average molecular weight is 394 g/mol. The van der Waals surface area contributed by atoms with Gasteiger partial charge in [-0.1, -0.05) is 37.3 Å². The molecule has 1 atom stereocenters. The molecule has 6 nitrogen and oxygen atoms in total. The van der Waals surface area contributed by atoms with E-state index in [1.807, 2.05) is 48.5 Å². The Labute approximate surface area is 169 Å². The SMILES string of the molecule is CCc1ccc(OCCCC(=O)NC(Cc2c[nH]c3ccccc23)C(=O)O)cc1. The van der Waals surface area contributed by atoms with Crippen LogP contribution in [0.15, 0.2) is 54.7 Å². The number of aliphatic carboxylic acids is 1. The third-order valence-electron chi connectivity index (χ3n) is 4.88. The van der Waals surface area contributed by atoms with Crippen LogP contribution in [0.3, 0.4) is 0 Å². The Hall–Kier alpha value is -3.28. The molecule has 6 heteroatoms. The molecule has 2 aromatic carbocycles. The van der Waals surface area contributed by atoms with Gasteiger partial charge in [-0.2, -0.15) is 0 Å². The monoisotopic (exact) mass is 394 g/mol. The first-order valence-corrected chi connectivity index (χ1v) is 9.85. The van der Waals surface area contributed by atoms with Crippen molar-refractivity contribution >= 4 is 22.8 Å². The minimum Gasteiger partial charge on any atom is -0.494 e. The maximum Gasteiger partial charge on any atom is 0.326 e. The zero-order valence-electron chi connectivity index (χ0n) is 16.5. The highest BCUT2D eigenvalue weighted by molar-refractivity contribution is 5.86. The van der Waals surface area contributed by atoms with Crippen LogP contribution in [0.2, 0.25) is 0 Å². The summed E-state index contributed by atoms with van der Waals surface area (Å²) in [5.74, 6) is -0.566. The molecule has 0 aliphatic carbocycles. The number of nitrogens with one attached hydrogen (secondary N) is 2. The first-order chi connectivity index (χ1) is 14.1. The molecule has 0 bridgehead atoms. The van der Waals surface area contributed by atoms with Crippen molar-refractivity contribution in [1.82, 2.24) is 10.3 Å². The van der Waals surface area contributed by atoms with E-state index < -0.39 is 12.0 Å². The summed E-state index contributed by atoms with van der Waals surface area (Å²) in [5, 5.41) is 13.1. The van der Waals surface area contributed by atoms with Crippen molar-refractivity contribution in [2.45, 2.75) is 38.6 Å². The van der Waals surface area contributed by atoms with Gasteiger partial charge in [0.15, 0.2) is 0 Å². The molecule has 1 aromatic heterocycles.